The van der Waals surface area contributed by atoms with Crippen molar-refractivity contribution in [2.45, 2.75) is 38.5 Å². The van der Waals surface area contributed by atoms with Crippen molar-refractivity contribution in [3.8, 4) is 5.75 Å². The van der Waals surface area contributed by atoms with Gasteiger partial charge in [0.2, 0.25) is 5.28 Å². The number of hydrogen-bond donors (Lipinski definition) is 1. The van der Waals surface area contributed by atoms with Crippen LogP contribution in [0.2, 0.25) is 5.28 Å². The van der Waals surface area contributed by atoms with Crippen molar-refractivity contribution < 1.29 is 27.0 Å². The van der Waals surface area contributed by atoms with Crippen molar-refractivity contribution in [2.75, 3.05) is 19.0 Å². The summed E-state index contributed by atoms with van der Waals surface area (Å²) in [7, 11) is -0.321. The van der Waals surface area contributed by atoms with Crippen LogP contribution in [0, 0.1) is 0 Å². The molecule has 0 radical (unpaired) electrons. The Hall–Kier alpha value is -1.96. The monoisotopic (exact) mass is 450 g/mol. The molecule has 1 aromatic heterocycles. The second kappa shape index (κ2) is 10.2. The normalized spacial score (nSPS) is 13.1. The molecule has 0 saturated heterocycles. The summed E-state index contributed by atoms with van der Waals surface area (Å²) in [5.74, 6) is -0.127. The Morgan fingerprint density at radius 3 is 2.69 bits per heavy atom. The molecule has 0 aliphatic carbocycles. The molecule has 2 aromatic rings. The molecule has 11 heteroatoms. The minimum absolute atomic E-state index is 0.119. The number of nitrogens with zero attached hydrogens (tertiary/aromatic N) is 2. The number of aryl methyl sites for hydroxylation is 1. The molecular formula is C18H21ClF3N3O3P+. The Morgan fingerprint density at radius 2 is 2.07 bits per heavy atom. The van der Waals surface area contributed by atoms with Gasteiger partial charge in [-0.15, -0.1) is 4.52 Å². The molecular weight excluding hydrogens is 430 g/mol. The molecule has 2 atom stereocenters. The van der Waals surface area contributed by atoms with Crippen LogP contribution in [0.25, 0.3) is 0 Å². The van der Waals surface area contributed by atoms with E-state index in [-0.39, 0.29) is 10.9 Å². The van der Waals surface area contributed by atoms with Gasteiger partial charge in [0, 0.05) is 12.6 Å². The van der Waals surface area contributed by atoms with Gasteiger partial charge in [0.05, 0.1) is 19.4 Å². The zero-order valence-electron chi connectivity index (χ0n) is 16.1. The molecule has 29 heavy (non-hydrogen) atoms. The lowest BCUT2D eigenvalue weighted by Gasteiger charge is -2.16. The summed E-state index contributed by atoms with van der Waals surface area (Å²) in [6, 6.07) is 5.05. The van der Waals surface area contributed by atoms with Gasteiger partial charge in [0.15, 0.2) is 5.66 Å². The number of ether oxygens (including phenoxy) is 1. The van der Waals surface area contributed by atoms with Gasteiger partial charge < -0.3 is 10.1 Å². The summed E-state index contributed by atoms with van der Waals surface area (Å²) in [5, 5.41) is 2.31. The van der Waals surface area contributed by atoms with Crippen LogP contribution in [-0.4, -0.2) is 29.3 Å². The van der Waals surface area contributed by atoms with Gasteiger partial charge >= 0.3 is 14.2 Å². The van der Waals surface area contributed by atoms with E-state index in [0.29, 0.717) is 37.1 Å². The van der Waals surface area contributed by atoms with Crippen LogP contribution in [0.15, 0.2) is 24.4 Å². The van der Waals surface area contributed by atoms with E-state index in [4.69, 9.17) is 20.9 Å². The molecule has 0 fully saturated rings. The summed E-state index contributed by atoms with van der Waals surface area (Å²) < 4.78 is 61.9. The fourth-order valence-corrected chi connectivity index (χ4v) is 3.50. The Labute approximate surface area is 172 Å². The molecule has 0 saturated carbocycles. The molecule has 0 bridgehead atoms. The smallest absolute Gasteiger partial charge is 0.495 e. The molecule has 1 heterocycles. The molecule has 2 unspecified atom stereocenters. The van der Waals surface area contributed by atoms with Crippen molar-refractivity contribution in [3.63, 3.8) is 0 Å². The van der Waals surface area contributed by atoms with Crippen LogP contribution in [0.5, 0.6) is 5.75 Å². The maximum absolute atomic E-state index is 13.2. The van der Waals surface area contributed by atoms with Crippen LogP contribution < -0.4 is 10.1 Å². The molecule has 0 amide bonds. The van der Waals surface area contributed by atoms with Gasteiger partial charge in [-0.25, -0.2) is 4.98 Å². The highest BCUT2D eigenvalue weighted by atomic mass is 35.5. The topological polar surface area (TPSA) is 73.3 Å². The van der Waals surface area contributed by atoms with Crippen molar-refractivity contribution >= 4 is 31.1 Å². The minimum atomic E-state index is -4.65. The average Bonchev–Trinajstić information content (AvgIpc) is 2.66. The number of halogens is 4. The first-order chi connectivity index (χ1) is 13.7. The van der Waals surface area contributed by atoms with Gasteiger partial charge in [0.1, 0.15) is 17.1 Å². The zero-order valence-corrected chi connectivity index (χ0v) is 17.7. The van der Waals surface area contributed by atoms with Gasteiger partial charge in [0.25, 0.3) is 0 Å². The van der Waals surface area contributed by atoms with Crippen LogP contribution >= 0.6 is 19.6 Å². The predicted octanol–water partition coefficient (Wildman–Crippen LogP) is 6.00. The molecule has 0 spiro atoms. The minimum Gasteiger partial charge on any atom is -0.495 e. The maximum atomic E-state index is 13.2. The lowest BCUT2D eigenvalue weighted by molar-refractivity contribution is -0.137. The summed E-state index contributed by atoms with van der Waals surface area (Å²) in [6.45, 7) is 4.02. The molecule has 0 aliphatic rings. The first kappa shape index (κ1) is 23.3. The fourth-order valence-electron chi connectivity index (χ4n) is 2.52. The van der Waals surface area contributed by atoms with Gasteiger partial charge in [-0.1, -0.05) is 6.07 Å². The highest BCUT2D eigenvalue weighted by Gasteiger charge is 2.35. The molecule has 0 aliphatic heterocycles. The number of rotatable bonds is 9. The van der Waals surface area contributed by atoms with Gasteiger partial charge in [-0.05, 0) is 54.1 Å². The Morgan fingerprint density at radius 1 is 1.34 bits per heavy atom. The molecule has 6 nitrogen and oxygen atoms in total. The Bertz CT molecular complexity index is 868. The van der Waals surface area contributed by atoms with E-state index in [1.807, 2.05) is 6.92 Å². The van der Waals surface area contributed by atoms with Crippen LogP contribution in [0.1, 0.15) is 31.4 Å². The molecule has 1 aromatic carbocycles. The van der Waals surface area contributed by atoms with E-state index in [1.54, 1.807) is 25.1 Å². The molecule has 1 N–H and O–H groups in total. The number of anilines is 2. The van der Waals surface area contributed by atoms with Gasteiger partial charge in [-0.2, -0.15) is 18.2 Å². The Kier molecular flexibility index (Phi) is 8.19. The van der Waals surface area contributed by atoms with E-state index >= 15 is 0 Å². The fraction of sp³-hybridized carbons (Fsp3) is 0.444. The van der Waals surface area contributed by atoms with Crippen molar-refractivity contribution in [3.05, 3.63) is 40.8 Å². The molecule has 158 valence electrons. The Balaban J connectivity index is 2.20. The SMILES string of the molecule is CCO[P+](=O)C(C)CCc1ccc(Nc2nc(Cl)ncc2C(F)(F)F)c(OC)c1. The van der Waals surface area contributed by atoms with Crippen LogP contribution in [0.3, 0.4) is 0 Å². The summed E-state index contributed by atoms with van der Waals surface area (Å²) in [4.78, 5) is 7.05. The largest absolute Gasteiger partial charge is 0.510 e. The lowest BCUT2D eigenvalue weighted by atomic mass is 10.1. The van der Waals surface area contributed by atoms with E-state index in [1.165, 1.54) is 7.11 Å². The van der Waals surface area contributed by atoms with E-state index < -0.39 is 25.6 Å². The number of hydrogen-bond acceptors (Lipinski definition) is 6. The third kappa shape index (κ3) is 6.52. The maximum Gasteiger partial charge on any atom is 0.510 e. The first-order valence-electron chi connectivity index (χ1n) is 8.78. The summed E-state index contributed by atoms with van der Waals surface area (Å²) in [6.07, 6.45) is -2.78. The van der Waals surface area contributed by atoms with E-state index in [0.717, 1.165) is 5.56 Å². The van der Waals surface area contributed by atoms with Gasteiger partial charge in [-0.3, -0.25) is 0 Å². The summed E-state index contributed by atoms with van der Waals surface area (Å²) >= 11 is 5.66. The first-order valence-corrected chi connectivity index (χ1v) is 10.4. The number of methoxy groups -OCH3 is 1. The number of alkyl halides is 3. The number of benzene rings is 1. The van der Waals surface area contributed by atoms with Crippen molar-refractivity contribution in [1.82, 2.24) is 9.97 Å². The number of aromatic nitrogens is 2. The predicted molar refractivity (Wildman–Crippen MR) is 105 cm³/mol. The lowest BCUT2D eigenvalue weighted by Crippen LogP contribution is -2.11. The van der Waals surface area contributed by atoms with Crippen LogP contribution in [0.4, 0.5) is 24.7 Å². The average molecular weight is 451 g/mol. The highest BCUT2D eigenvalue weighted by molar-refractivity contribution is 7.40. The van der Waals surface area contributed by atoms with E-state index in [2.05, 4.69) is 15.3 Å². The van der Waals surface area contributed by atoms with Crippen molar-refractivity contribution in [1.29, 1.82) is 0 Å². The quantitative estimate of drug-likeness (QED) is 0.373. The summed E-state index contributed by atoms with van der Waals surface area (Å²) in [5.41, 5.74) is 0.0219. The third-order valence-electron chi connectivity index (χ3n) is 4.05. The second-order valence-electron chi connectivity index (χ2n) is 6.15. The standard InChI is InChI=1S/C18H21ClF3N3O3P/c1-4-28-29(26)11(2)5-6-12-7-8-14(15(9-12)27-3)24-16-13(18(20,21)22)10-23-17(19)25-16/h7-11H,4-6H2,1-3H3,(H,23,24,25)/q+1. The van der Waals surface area contributed by atoms with E-state index in [9.17, 15) is 17.7 Å². The van der Waals surface area contributed by atoms with Crippen LogP contribution in [-0.2, 0) is 21.7 Å². The highest BCUT2D eigenvalue weighted by Crippen LogP contribution is 2.37. The van der Waals surface area contributed by atoms with Crippen molar-refractivity contribution in [2.24, 2.45) is 0 Å². The second-order valence-corrected chi connectivity index (χ2v) is 8.20. The number of nitrogens with one attached hydrogen (secondary N) is 1. The molecule has 2 rings (SSSR count). The zero-order chi connectivity index (χ0) is 21.6. The third-order valence-corrected chi connectivity index (χ3v) is 5.72.